The van der Waals surface area contributed by atoms with Crippen LogP contribution in [0.2, 0.25) is 0 Å². The van der Waals surface area contributed by atoms with E-state index < -0.39 is 0 Å². The van der Waals surface area contributed by atoms with E-state index in [1.54, 1.807) is 0 Å². The lowest BCUT2D eigenvalue weighted by Gasteiger charge is -2.34. The number of aromatic nitrogens is 3. The summed E-state index contributed by atoms with van der Waals surface area (Å²) in [5.41, 5.74) is 0.539. The van der Waals surface area contributed by atoms with Crippen LogP contribution in [0.5, 0.6) is 0 Å². The van der Waals surface area contributed by atoms with E-state index in [1.807, 2.05) is 6.92 Å². The molecule has 2 aliphatic rings. The van der Waals surface area contributed by atoms with Gasteiger partial charge in [0.25, 0.3) is 5.56 Å². The van der Waals surface area contributed by atoms with Crippen LogP contribution in [0.25, 0.3) is 4.96 Å². The van der Waals surface area contributed by atoms with Gasteiger partial charge in [-0.15, -0.1) is 5.10 Å². The van der Waals surface area contributed by atoms with E-state index in [0.717, 1.165) is 70.2 Å². The normalized spacial score (nSPS) is 20.7. The number of nitrogens with zero attached hydrogens (tertiary/aromatic N) is 6. The minimum absolute atomic E-state index is 0.0419. The predicted octanol–water partition coefficient (Wildman–Crippen LogP) is 1.21. The fraction of sp³-hybridized carbons (Fsp3) is 0.727. The van der Waals surface area contributed by atoms with Crippen LogP contribution in [-0.2, 0) is 4.79 Å². The Kier molecular flexibility index (Phi) is 7.75. The molecule has 1 atom stereocenters. The van der Waals surface area contributed by atoms with Crippen molar-refractivity contribution in [3.05, 3.63) is 22.1 Å². The molecule has 0 saturated carbocycles. The molecule has 0 radical (unpaired) electrons. The monoisotopic (exact) mass is 461 g/mol. The standard InChI is InChI=1S/C22H35N7O2S/c1-3-8-26-11-13-27(14-12-26)9-5-7-23-20(31)18-6-4-10-28(16-18)22-25-29-19(30)15-17(2)24-21(29)32-22/h15,18H,3-14,16H2,1-2H3,(H,23,31)/t18-/m1/s1. The summed E-state index contributed by atoms with van der Waals surface area (Å²) in [4.78, 5) is 37.1. The number of nitrogens with one attached hydrogen (secondary N) is 1. The van der Waals surface area contributed by atoms with Gasteiger partial charge in [-0.3, -0.25) is 9.59 Å². The number of amides is 1. The highest BCUT2D eigenvalue weighted by Crippen LogP contribution is 2.27. The minimum Gasteiger partial charge on any atom is -0.356 e. The lowest BCUT2D eigenvalue weighted by molar-refractivity contribution is -0.125. The Morgan fingerprint density at radius 3 is 2.69 bits per heavy atom. The van der Waals surface area contributed by atoms with Gasteiger partial charge in [0.1, 0.15) is 0 Å². The van der Waals surface area contributed by atoms with E-state index in [9.17, 15) is 9.59 Å². The van der Waals surface area contributed by atoms with E-state index >= 15 is 0 Å². The molecule has 0 aromatic carbocycles. The highest BCUT2D eigenvalue weighted by molar-refractivity contribution is 7.20. The Hall–Kier alpha value is -2.04. The van der Waals surface area contributed by atoms with Crippen molar-refractivity contribution in [3.8, 4) is 0 Å². The minimum atomic E-state index is -0.159. The van der Waals surface area contributed by atoms with E-state index in [2.05, 4.69) is 37.0 Å². The van der Waals surface area contributed by atoms with Crippen LogP contribution < -0.4 is 15.8 Å². The molecule has 0 spiro atoms. The second-order valence-corrected chi connectivity index (χ2v) is 9.86. The number of carbonyl (C=O) groups is 1. The van der Waals surface area contributed by atoms with E-state index in [-0.39, 0.29) is 17.4 Å². The lowest BCUT2D eigenvalue weighted by Crippen LogP contribution is -2.47. The first-order valence-corrected chi connectivity index (χ1v) is 12.7. The zero-order valence-electron chi connectivity index (χ0n) is 19.3. The summed E-state index contributed by atoms with van der Waals surface area (Å²) in [6.45, 7) is 13.1. The highest BCUT2D eigenvalue weighted by Gasteiger charge is 2.28. The van der Waals surface area contributed by atoms with E-state index in [4.69, 9.17) is 0 Å². The number of piperazine rings is 1. The van der Waals surface area contributed by atoms with Crippen molar-refractivity contribution in [3.63, 3.8) is 0 Å². The van der Waals surface area contributed by atoms with Gasteiger partial charge >= 0.3 is 0 Å². The van der Waals surface area contributed by atoms with Gasteiger partial charge in [0.15, 0.2) is 0 Å². The average Bonchev–Trinajstić information content (AvgIpc) is 3.22. The molecule has 1 N–H and O–H groups in total. The third kappa shape index (κ3) is 5.65. The summed E-state index contributed by atoms with van der Waals surface area (Å²) in [6, 6.07) is 1.49. The number of aryl methyl sites for hydroxylation is 1. The number of rotatable bonds is 8. The van der Waals surface area contributed by atoms with Crippen molar-refractivity contribution < 1.29 is 4.79 Å². The van der Waals surface area contributed by atoms with Gasteiger partial charge in [-0.2, -0.15) is 4.52 Å². The molecule has 2 saturated heterocycles. The molecule has 4 heterocycles. The number of piperidine rings is 1. The van der Waals surface area contributed by atoms with Crippen LogP contribution in [-0.4, -0.2) is 89.2 Å². The van der Waals surface area contributed by atoms with E-state index in [0.29, 0.717) is 17.2 Å². The third-order valence-electron chi connectivity index (χ3n) is 6.38. The number of hydrogen-bond acceptors (Lipinski definition) is 8. The van der Waals surface area contributed by atoms with Crippen molar-refractivity contribution in [2.45, 2.75) is 39.5 Å². The summed E-state index contributed by atoms with van der Waals surface area (Å²) in [7, 11) is 0. The molecule has 176 valence electrons. The zero-order valence-corrected chi connectivity index (χ0v) is 20.1. The molecule has 4 rings (SSSR count). The molecule has 9 nitrogen and oxygen atoms in total. The molecular weight excluding hydrogens is 426 g/mol. The topological polar surface area (TPSA) is 86.1 Å². The van der Waals surface area contributed by atoms with Crippen LogP contribution in [0.3, 0.4) is 0 Å². The molecule has 1 amide bonds. The van der Waals surface area contributed by atoms with Gasteiger partial charge in [0.05, 0.1) is 5.92 Å². The Balaban J connectivity index is 1.23. The molecule has 2 aromatic rings. The van der Waals surface area contributed by atoms with Crippen molar-refractivity contribution in [2.24, 2.45) is 5.92 Å². The summed E-state index contributed by atoms with van der Waals surface area (Å²) >= 11 is 1.41. The van der Waals surface area contributed by atoms with Crippen LogP contribution in [0.15, 0.2) is 10.9 Å². The van der Waals surface area contributed by atoms with Gasteiger partial charge in [0.2, 0.25) is 16.0 Å². The Morgan fingerprint density at radius 2 is 1.94 bits per heavy atom. The molecule has 2 aliphatic heterocycles. The van der Waals surface area contributed by atoms with Gasteiger partial charge in [-0.25, -0.2) is 4.98 Å². The maximum absolute atomic E-state index is 12.8. The SMILES string of the molecule is CCCN1CCN(CCCNC(=O)[C@@H]2CCCN(c3nn4c(=O)cc(C)nc4s3)C2)CC1. The fourth-order valence-electron chi connectivity index (χ4n) is 4.61. The highest BCUT2D eigenvalue weighted by atomic mass is 32.1. The smallest absolute Gasteiger partial charge is 0.275 e. The summed E-state index contributed by atoms with van der Waals surface area (Å²) in [6.07, 6.45) is 4.04. The molecule has 10 heteroatoms. The Labute approximate surface area is 193 Å². The molecule has 2 aromatic heterocycles. The predicted molar refractivity (Wildman–Crippen MR) is 128 cm³/mol. The molecule has 0 unspecified atom stereocenters. The zero-order chi connectivity index (χ0) is 22.5. The number of fused-ring (bicyclic) bond motifs is 1. The molecule has 2 fully saturated rings. The largest absolute Gasteiger partial charge is 0.356 e. The number of hydrogen-bond donors (Lipinski definition) is 1. The van der Waals surface area contributed by atoms with Gasteiger partial charge in [0, 0.05) is 57.6 Å². The van der Waals surface area contributed by atoms with Crippen LogP contribution >= 0.6 is 11.3 Å². The first-order chi connectivity index (χ1) is 15.5. The number of anilines is 1. The summed E-state index contributed by atoms with van der Waals surface area (Å²) < 4.78 is 1.36. The summed E-state index contributed by atoms with van der Waals surface area (Å²) in [5.74, 6) is 0.0921. The molecular formula is C22H35N7O2S. The van der Waals surface area contributed by atoms with Crippen LogP contribution in [0.4, 0.5) is 5.13 Å². The van der Waals surface area contributed by atoms with Crippen molar-refractivity contribution in [1.29, 1.82) is 0 Å². The maximum Gasteiger partial charge on any atom is 0.275 e. The molecule has 0 bridgehead atoms. The first kappa shape index (κ1) is 23.1. The molecule has 0 aliphatic carbocycles. The maximum atomic E-state index is 12.8. The Morgan fingerprint density at radius 1 is 1.19 bits per heavy atom. The average molecular weight is 462 g/mol. The quantitative estimate of drug-likeness (QED) is 0.592. The Bertz CT molecular complexity index is 967. The van der Waals surface area contributed by atoms with E-state index in [1.165, 1.54) is 34.9 Å². The molecule has 32 heavy (non-hydrogen) atoms. The third-order valence-corrected chi connectivity index (χ3v) is 7.35. The van der Waals surface area contributed by atoms with Crippen molar-refractivity contribution in [1.82, 2.24) is 29.7 Å². The fourth-order valence-corrected chi connectivity index (χ4v) is 5.60. The summed E-state index contributed by atoms with van der Waals surface area (Å²) in [5, 5.41) is 8.37. The van der Waals surface area contributed by atoms with Crippen molar-refractivity contribution in [2.75, 3.05) is 63.8 Å². The lowest BCUT2D eigenvalue weighted by atomic mass is 9.97. The second kappa shape index (κ2) is 10.7. The van der Waals surface area contributed by atoms with Crippen LogP contribution in [0.1, 0.15) is 38.3 Å². The van der Waals surface area contributed by atoms with Crippen molar-refractivity contribution >= 4 is 27.3 Å². The second-order valence-electron chi connectivity index (χ2n) is 8.93. The van der Waals surface area contributed by atoms with Gasteiger partial charge in [-0.05, 0) is 45.7 Å². The number of carbonyl (C=O) groups excluding carboxylic acids is 1. The van der Waals surface area contributed by atoms with Crippen LogP contribution in [0, 0.1) is 12.8 Å². The van der Waals surface area contributed by atoms with Gasteiger partial charge < -0.3 is 20.0 Å². The first-order valence-electron chi connectivity index (χ1n) is 11.9. The van der Waals surface area contributed by atoms with Gasteiger partial charge in [-0.1, -0.05) is 18.3 Å².